The third-order valence-corrected chi connectivity index (χ3v) is 4.81. The first-order valence-electron chi connectivity index (χ1n) is 7.55. The number of benzene rings is 1. The predicted molar refractivity (Wildman–Crippen MR) is 87.9 cm³/mol. The highest BCUT2D eigenvalue weighted by molar-refractivity contribution is 9.10. The molecule has 1 N–H and O–H groups in total. The van der Waals surface area contributed by atoms with Crippen LogP contribution in [0.2, 0.25) is 0 Å². The molecule has 1 saturated heterocycles. The van der Waals surface area contributed by atoms with Gasteiger partial charge in [0.15, 0.2) is 0 Å². The van der Waals surface area contributed by atoms with Crippen LogP contribution in [0.5, 0.6) is 0 Å². The summed E-state index contributed by atoms with van der Waals surface area (Å²) in [5.41, 5.74) is 0.448. The van der Waals surface area contributed by atoms with Gasteiger partial charge in [0.05, 0.1) is 12.1 Å². The lowest BCUT2D eigenvalue weighted by molar-refractivity contribution is -0.138. The fourth-order valence-corrected chi connectivity index (χ4v) is 3.42. The fraction of sp³-hybridized carbons (Fsp3) is 0.500. The average molecular weight is 387 g/mol. The van der Waals surface area contributed by atoms with E-state index in [4.69, 9.17) is 5.11 Å². The smallest absolute Gasteiger partial charge is 0.317 e. The molecule has 0 saturated carbocycles. The monoisotopic (exact) mass is 386 g/mol. The molecule has 0 aromatic heterocycles. The van der Waals surface area contributed by atoms with Crippen LogP contribution in [0.15, 0.2) is 22.7 Å². The van der Waals surface area contributed by atoms with E-state index in [9.17, 15) is 14.0 Å². The highest BCUT2D eigenvalue weighted by Crippen LogP contribution is 2.22. The Morgan fingerprint density at radius 2 is 2.13 bits per heavy atom. The minimum atomic E-state index is -0.847. The molecule has 0 spiro atoms. The number of halogens is 2. The minimum Gasteiger partial charge on any atom is -0.480 e. The number of carboxylic acids is 1. The summed E-state index contributed by atoms with van der Waals surface area (Å²) in [6.07, 6.45) is 2.41. The van der Waals surface area contributed by atoms with Gasteiger partial charge in [0.1, 0.15) is 5.82 Å². The maximum Gasteiger partial charge on any atom is 0.317 e. The number of aliphatic carboxylic acids is 1. The van der Waals surface area contributed by atoms with Crippen LogP contribution in [0.1, 0.15) is 29.6 Å². The van der Waals surface area contributed by atoms with Gasteiger partial charge in [0, 0.05) is 23.6 Å². The zero-order valence-corrected chi connectivity index (χ0v) is 14.6. The van der Waals surface area contributed by atoms with E-state index in [-0.39, 0.29) is 24.3 Å². The van der Waals surface area contributed by atoms with Crippen molar-refractivity contribution < 1.29 is 19.1 Å². The molecule has 0 aliphatic carbocycles. The van der Waals surface area contributed by atoms with E-state index in [1.807, 2.05) is 4.90 Å². The van der Waals surface area contributed by atoms with Crippen LogP contribution in [-0.4, -0.2) is 59.5 Å². The molecule has 1 heterocycles. The zero-order chi connectivity index (χ0) is 17.0. The van der Waals surface area contributed by atoms with Crippen molar-refractivity contribution in [2.45, 2.75) is 25.3 Å². The quantitative estimate of drug-likeness (QED) is 0.863. The Hall–Kier alpha value is -1.47. The number of hydrogen-bond donors (Lipinski definition) is 1. The summed E-state index contributed by atoms with van der Waals surface area (Å²) in [5.74, 6) is -1.36. The van der Waals surface area contributed by atoms with Crippen molar-refractivity contribution in [1.29, 1.82) is 0 Å². The second-order valence-electron chi connectivity index (χ2n) is 5.81. The molecule has 1 atom stereocenters. The zero-order valence-electron chi connectivity index (χ0n) is 13.0. The molecule has 1 aliphatic heterocycles. The maximum atomic E-state index is 13.2. The molecule has 0 bridgehead atoms. The van der Waals surface area contributed by atoms with Gasteiger partial charge in [0.25, 0.3) is 5.91 Å². The molecule has 5 nitrogen and oxygen atoms in total. The van der Waals surface area contributed by atoms with E-state index in [1.54, 1.807) is 11.9 Å². The molecule has 1 fully saturated rings. The second kappa shape index (κ2) is 7.88. The van der Waals surface area contributed by atoms with Crippen molar-refractivity contribution in [1.82, 2.24) is 9.80 Å². The van der Waals surface area contributed by atoms with Crippen molar-refractivity contribution in [2.75, 3.05) is 26.7 Å². The summed E-state index contributed by atoms with van der Waals surface area (Å²) < 4.78 is 13.6. The highest BCUT2D eigenvalue weighted by Gasteiger charge is 2.25. The van der Waals surface area contributed by atoms with Crippen LogP contribution in [0.3, 0.4) is 0 Å². The van der Waals surface area contributed by atoms with Gasteiger partial charge >= 0.3 is 5.97 Å². The number of nitrogens with zero attached hydrogens (tertiary/aromatic N) is 2. The second-order valence-corrected chi connectivity index (χ2v) is 6.66. The number of carbonyl (C=O) groups is 2. The fourth-order valence-electron chi connectivity index (χ4n) is 2.90. The summed E-state index contributed by atoms with van der Waals surface area (Å²) in [5, 5.41) is 8.88. The molecule has 126 valence electrons. The molecule has 1 aromatic carbocycles. The van der Waals surface area contributed by atoms with E-state index in [2.05, 4.69) is 15.9 Å². The standard InChI is InChI=1S/C16H20BrFN2O3/c1-19(10-15(21)22)12-3-2-7-20(8-6-12)16(23)13-5-4-11(18)9-14(13)17/h4-5,9,12H,2-3,6-8,10H2,1H3,(H,21,22)/t12-/m0/s1. The molecule has 1 amide bonds. The van der Waals surface area contributed by atoms with Crippen molar-refractivity contribution in [2.24, 2.45) is 0 Å². The summed E-state index contributed by atoms with van der Waals surface area (Å²) in [7, 11) is 1.80. The van der Waals surface area contributed by atoms with Crippen molar-refractivity contribution >= 4 is 27.8 Å². The first kappa shape index (κ1) is 17.9. The third-order valence-electron chi connectivity index (χ3n) is 4.15. The number of amides is 1. The van der Waals surface area contributed by atoms with E-state index in [1.165, 1.54) is 18.2 Å². The SMILES string of the molecule is CN(CC(=O)O)[C@H]1CCCN(C(=O)c2ccc(F)cc2Br)CC1. The van der Waals surface area contributed by atoms with Gasteiger partial charge in [-0.3, -0.25) is 14.5 Å². The van der Waals surface area contributed by atoms with Crippen LogP contribution in [-0.2, 0) is 4.79 Å². The van der Waals surface area contributed by atoms with Crippen LogP contribution in [0.25, 0.3) is 0 Å². The molecule has 0 radical (unpaired) electrons. The van der Waals surface area contributed by atoms with Gasteiger partial charge in [-0.1, -0.05) is 0 Å². The largest absolute Gasteiger partial charge is 0.480 e. The van der Waals surface area contributed by atoms with Crippen LogP contribution in [0, 0.1) is 5.82 Å². The van der Waals surface area contributed by atoms with Crippen LogP contribution < -0.4 is 0 Å². The normalized spacial score (nSPS) is 18.8. The molecule has 7 heteroatoms. The number of likely N-dealkylation sites (tertiary alicyclic amines) is 1. The number of hydrogen-bond acceptors (Lipinski definition) is 3. The molecule has 2 rings (SSSR count). The number of likely N-dealkylation sites (N-methyl/N-ethyl adjacent to an activating group) is 1. The topological polar surface area (TPSA) is 60.9 Å². The summed E-state index contributed by atoms with van der Waals surface area (Å²) in [6, 6.07) is 4.20. The predicted octanol–water partition coefficient (Wildman–Crippen LogP) is 2.60. The molecular weight excluding hydrogens is 367 g/mol. The van der Waals surface area contributed by atoms with Gasteiger partial charge in [-0.25, -0.2) is 4.39 Å². The van der Waals surface area contributed by atoms with E-state index >= 15 is 0 Å². The summed E-state index contributed by atoms with van der Waals surface area (Å²) >= 11 is 3.24. The Bertz CT molecular complexity index is 597. The number of rotatable bonds is 4. The summed E-state index contributed by atoms with van der Waals surface area (Å²) in [4.78, 5) is 27.0. The Morgan fingerprint density at radius 1 is 1.39 bits per heavy atom. The third kappa shape index (κ3) is 4.75. The van der Waals surface area contributed by atoms with Crippen molar-refractivity contribution in [3.05, 3.63) is 34.1 Å². The lowest BCUT2D eigenvalue weighted by atomic mass is 10.1. The molecule has 1 aromatic rings. The summed E-state index contributed by atoms with van der Waals surface area (Å²) in [6.45, 7) is 1.19. The first-order valence-corrected chi connectivity index (χ1v) is 8.34. The van der Waals surface area contributed by atoms with E-state index < -0.39 is 5.97 Å². The number of carbonyl (C=O) groups excluding carboxylic acids is 1. The molecular formula is C16H20BrFN2O3. The maximum absolute atomic E-state index is 13.2. The van der Waals surface area contributed by atoms with Gasteiger partial charge in [0.2, 0.25) is 0 Å². The van der Waals surface area contributed by atoms with Crippen molar-refractivity contribution in [3.63, 3.8) is 0 Å². The Balaban J connectivity index is 2.02. The lowest BCUT2D eigenvalue weighted by Gasteiger charge is -2.25. The average Bonchev–Trinajstić information content (AvgIpc) is 2.71. The Labute approximate surface area is 143 Å². The highest BCUT2D eigenvalue weighted by atomic mass is 79.9. The first-order chi connectivity index (χ1) is 10.9. The number of carboxylic acid groups (broad SMARTS) is 1. The van der Waals surface area contributed by atoms with E-state index in [0.29, 0.717) is 23.1 Å². The van der Waals surface area contributed by atoms with Gasteiger partial charge < -0.3 is 10.0 Å². The van der Waals surface area contributed by atoms with Gasteiger partial charge in [-0.15, -0.1) is 0 Å². The van der Waals surface area contributed by atoms with Gasteiger partial charge in [-0.2, -0.15) is 0 Å². The van der Waals surface area contributed by atoms with Crippen LogP contribution in [0.4, 0.5) is 4.39 Å². The molecule has 1 aliphatic rings. The Morgan fingerprint density at radius 3 is 2.78 bits per heavy atom. The van der Waals surface area contributed by atoms with Gasteiger partial charge in [-0.05, 0) is 60.4 Å². The minimum absolute atomic E-state index is 0.00211. The van der Waals surface area contributed by atoms with Crippen LogP contribution >= 0.6 is 15.9 Å². The van der Waals surface area contributed by atoms with Crippen molar-refractivity contribution in [3.8, 4) is 0 Å². The molecule has 0 unspecified atom stereocenters. The molecule has 23 heavy (non-hydrogen) atoms. The lowest BCUT2D eigenvalue weighted by Crippen LogP contribution is -2.37. The van der Waals surface area contributed by atoms with E-state index in [0.717, 1.165) is 19.3 Å². The Kier molecular flexibility index (Phi) is 6.12.